The van der Waals surface area contributed by atoms with Crippen LogP contribution in [0, 0.1) is 6.92 Å². The van der Waals surface area contributed by atoms with Gasteiger partial charge in [-0.3, -0.25) is 20.2 Å². The third kappa shape index (κ3) is 7.91. The SMILES string of the molecule is C=CC(=O)Nc1cc(NN2C=NC(Nc3ccc(C)nc3C(C)(C)O)=NC2)c(OC)cc1N(C)CCN(C)C. The van der Waals surface area contributed by atoms with Crippen LogP contribution in [0.15, 0.2) is 46.9 Å². The Kier molecular flexibility index (Phi) is 9.49. The summed E-state index contributed by atoms with van der Waals surface area (Å²) >= 11 is 0. The Morgan fingerprint density at radius 3 is 2.54 bits per heavy atom. The average molecular weight is 538 g/mol. The van der Waals surface area contributed by atoms with Crippen LogP contribution < -0.4 is 25.7 Å². The Balaban J connectivity index is 1.80. The molecule has 1 aromatic heterocycles. The lowest BCUT2D eigenvalue weighted by Crippen LogP contribution is -2.34. The molecule has 0 saturated heterocycles. The number of rotatable bonds is 11. The minimum absolute atomic E-state index is 0.241. The topological polar surface area (TPSA) is 130 Å². The van der Waals surface area contributed by atoms with E-state index in [1.807, 2.05) is 46.3 Å². The molecule has 12 heteroatoms. The van der Waals surface area contributed by atoms with Gasteiger partial charge in [-0.15, -0.1) is 0 Å². The van der Waals surface area contributed by atoms with E-state index in [1.165, 1.54) is 6.08 Å². The number of hydrazine groups is 1. The van der Waals surface area contributed by atoms with Gasteiger partial charge in [0.15, 0.2) is 0 Å². The van der Waals surface area contributed by atoms with Crippen LogP contribution in [-0.4, -0.2) is 86.2 Å². The van der Waals surface area contributed by atoms with Crippen molar-refractivity contribution in [2.24, 2.45) is 9.98 Å². The first kappa shape index (κ1) is 29.4. The maximum absolute atomic E-state index is 12.2. The molecule has 0 spiro atoms. The zero-order valence-electron chi connectivity index (χ0n) is 23.7. The van der Waals surface area contributed by atoms with E-state index in [4.69, 9.17) is 4.74 Å². The number of amides is 1. The van der Waals surface area contributed by atoms with Gasteiger partial charge < -0.3 is 30.3 Å². The fraction of sp³-hybridized carbons (Fsp3) is 0.407. The van der Waals surface area contributed by atoms with E-state index in [0.29, 0.717) is 34.5 Å². The van der Waals surface area contributed by atoms with Crippen LogP contribution in [0.4, 0.5) is 22.7 Å². The van der Waals surface area contributed by atoms with E-state index >= 15 is 0 Å². The van der Waals surface area contributed by atoms with Crippen LogP contribution in [0.5, 0.6) is 5.75 Å². The molecular weight excluding hydrogens is 498 g/mol. The molecule has 39 heavy (non-hydrogen) atoms. The minimum Gasteiger partial charge on any atom is -0.494 e. The quantitative estimate of drug-likeness (QED) is 0.320. The van der Waals surface area contributed by atoms with Crippen molar-refractivity contribution in [3.63, 3.8) is 0 Å². The second kappa shape index (κ2) is 12.6. The second-order valence-corrected chi connectivity index (χ2v) is 9.97. The molecule has 1 aliphatic heterocycles. The third-order valence-corrected chi connectivity index (χ3v) is 5.87. The first-order chi connectivity index (χ1) is 18.4. The number of aryl methyl sites for hydroxylation is 1. The minimum atomic E-state index is -1.14. The number of methoxy groups -OCH3 is 1. The molecule has 0 radical (unpaired) electrons. The number of anilines is 4. The van der Waals surface area contributed by atoms with Crippen LogP contribution in [-0.2, 0) is 10.4 Å². The highest BCUT2D eigenvalue weighted by Crippen LogP contribution is 2.37. The van der Waals surface area contributed by atoms with Crippen LogP contribution in [0.3, 0.4) is 0 Å². The fourth-order valence-corrected chi connectivity index (χ4v) is 3.78. The van der Waals surface area contributed by atoms with Crippen molar-refractivity contribution in [2.75, 3.05) is 69.0 Å². The first-order valence-electron chi connectivity index (χ1n) is 12.5. The predicted molar refractivity (Wildman–Crippen MR) is 158 cm³/mol. The number of benzene rings is 1. The maximum atomic E-state index is 12.2. The van der Waals surface area contributed by atoms with Gasteiger partial charge in [0.25, 0.3) is 0 Å². The molecule has 0 bridgehead atoms. The number of nitrogens with one attached hydrogen (secondary N) is 3. The molecule has 3 rings (SSSR count). The van der Waals surface area contributed by atoms with E-state index in [0.717, 1.165) is 24.5 Å². The molecule has 2 aromatic rings. The van der Waals surface area contributed by atoms with Crippen molar-refractivity contribution >= 4 is 41.0 Å². The Morgan fingerprint density at radius 1 is 1.21 bits per heavy atom. The third-order valence-electron chi connectivity index (χ3n) is 5.87. The lowest BCUT2D eigenvalue weighted by atomic mass is 10.0. The number of likely N-dealkylation sites (N-methyl/N-ethyl adjacent to an activating group) is 2. The summed E-state index contributed by atoms with van der Waals surface area (Å²) in [5.41, 5.74) is 6.08. The molecule has 0 saturated carbocycles. The molecule has 1 amide bonds. The van der Waals surface area contributed by atoms with E-state index < -0.39 is 5.60 Å². The van der Waals surface area contributed by atoms with Crippen molar-refractivity contribution in [3.05, 3.63) is 48.3 Å². The molecule has 4 N–H and O–H groups in total. The van der Waals surface area contributed by atoms with E-state index in [1.54, 1.807) is 38.4 Å². The van der Waals surface area contributed by atoms with E-state index in [9.17, 15) is 9.90 Å². The number of aliphatic imine (C=N–C) groups is 2. The van der Waals surface area contributed by atoms with Crippen molar-refractivity contribution in [1.29, 1.82) is 0 Å². The second-order valence-electron chi connectivity index (χ2n) is 9.97. The molecule has 0 atom stereocenters. The Hall–Kier alpha value is -4.16. The molecule has 210 valence electrons. The number of nitrogens with zero attached hydrogens (tertiary/aromatic N) is 6. The Labute approximate surface area is 230 Å². The zero-order chi connectivity index (χ0) is 28.7. The lowest BCUT2D eigenvalue weighted by Gasteiger charge is -2.28. The monoisotopic (exact) mass is 537 g/mol. The highest BCUT2D eigenvalue weighted by molar-refractivity contribution is 6.02. The maximum Gasteiger partial charge on any atom is 0.247 e. The summed E-state index contributed by atoms with van der Waals surface area (Å²) in [6.07, 6.45) is 2.83. The number of ether oxygens (including phenoxy) is 1. The van der Waals surface area contributed by atoms with Gasteiger partial charge in [-0.1, -0.05) is 6.58 Å². The number of carbonyl (C=O) groups excluding carboxylic acids is 1. The number of carbonyl (C=O) groups is 1. The van der Waals surface area contributed by atoms with Crippen molar-refractivity contribution in [3.8, 4) is 5.75 Å². The number of pyridine rings is 1. The Bertz CT molecular complexity index is 1250. The largest absolute Gasteiger partial charge is 0.494 e. The molecule has 1 aromatic carbocycles. The molecule has 2 heterocycles. The summed E-state index contributed by atoms with van der Waals surface area (Å²) in [6, 6.07) is 7.38. The molecular formula is C27H39N9O3. The molecule has 1 aliphatic rings. The highest BCUT2D eigenvalue weighted by atomic mass is 16.5. The normalized spacial score (nSPS) is 13.2. The molecule has 12 nitrogen and oxygen atoms in total. The highest BCUT2D eigenvalue weighted by Gasteiger charge is 2.23. The van der Waals surface area contributed by atoms with Gasteiger partial charge in [0.2, 0.25) is 11.9 Å². The summed E-state index contributed by atoms with van der Waals surface area (Å²) in [5, 5.41) is 18.3. The first-order valence-corrected chi connectivity index (χ1v) is 12.5. The van der Waals surface area contributed by atoms with Gasteiger partial charge >= 0.3 is 0 Å². The molecule has 0 aliphatic carbocycles. The number of aromatic nitrogens is 1. The summed E-state index contributed by atoms with van der Waals surface area (Å²) in [7, 11) is 7.57. The predicted octanol–water partition coefficient (Wildman–Crippen LogP) is 2.84. The Morgan fingerprint density at radius 2 is 1.95 bits per heavy atom. The van der Waals surface area contributed by atoms with Crippen molar-refractivity contribution in [1.82, 2.24) is 14.9 Å². The van der Waals surface area contributed by atoms with Crippen molar-refractivity contribution in [2.45, 2.75) is 26.4 Å². The summed E-state index contributed by atoms with van der Waals surface area (Å²) in [6.45, 7) is 10.6. The lowest BCUT2D eigenvalue weighted by molar-refractivity contribution is -0.111. The zero-order valence-corrected chi connectivity index (χ0v) is 23.7. The van der Waals surface area contributed by atoms with E-state index in [-0.39, 0.29) is 12.6 Å². The number of guanidine groups is 1. The summed E-state index contributed by atoms with van der Waals surface area (Å²) in [4.78, 5) is 29.7. The van der Waals surface area contributed by atoms with Gasteiger partial charge in [-0.05, 0) is 59.1 Å². The summed E-state index contributed by atoms with van der Waals surface area (Å²) in [5.74, 6) is 0.650. The number of hydrogen-bond acceptors (Lipinski definition) is 11. The van der Waals surface area contributed by atoms with Gasteiger partial charge in [-0.25, -0.2) is 9.98 Å². The van der Waals surface area contributed by atoms with Gasteiger partial charge in [0, 0.05) is 31.9 Å². The van der Waals surface area contributed by atoms with Crippen LogP contribution in [0.2, 0.25) is 0 Å². The number of hydrogen-bond donors (Lipinski definition) is 4. The fourth-order valence-electron chi connectivity index (χ4n) is 3.78. The standard InChI is InChI=1S/C27H39N9O3/c1-9-24(37)31-20-14-21(23(39-8)15-22(20)35(7)13-12-34(5)6)33-36-16-28-26(29-17-36)32-19-11-10-18(2)30-25(19)27(3,4)38/h9-11,14-16,33,38H,1,12-13,17H2,2-8H3,(H,29,32)(H,31,37). The summed E-state index contributed by atoms with van der Waals surface area (Å²) < 4.78 is 5.66. The van der Waals surface area contributed by atoms with Crippen LogP contribution in [0.1, 0.15) is 25.2 Å². The van der Waals surface area contributed by atoms with Gasteiger partial charge in [-0.2, -0.15) is 0 Å². The smallest absolute Gasteiger partial charge is 0.247 e. The van der Waals surface area contributed by atoms with Crippen molar-refractivity contribution < 1.29 is 14.6 Å². The van der Waals surface area contributed by atoms with Gasteiger partial charge in [0.05, 0.1) is 35.6 Å². The average Bonchev–Trinajstić information content (AvgIpc) is 2.88. The van der Waals surface area contributed by atoms with E-state index in [2.05, 4.69) is 47.4 Å². The van der Waals surface area contributed by atoms with Crippen LogP contribution >= 0.6 is 0 Å². The van der Waals surface area contributed by atoms with Crippen LogP contribution in [0.25, 0.3) is 0 Å². The van der Waals surface area contributed by atoms with Gasteiger partial charge in [0.1, 0.15) is 24.4 Å². The molecule has 0 unspecified atom stereocenters. The number of aliphatic hydroxyl groups is 1. The molecule has 0 fully saturated rings.